The second-order valence-electron chi connectivity index (χ2n) is 4.77. The van der Waals surface area contributed by atoms with Crippen LogP contribution in [0.15, 0.2) is 35.2 Å². The van der Waals surface area contributed by atoms with E-state index in [1.807, 2.05) is 4.72 Å². The Morgan fingerprint density at radius 2 is 1.52 bits per heavy atom. The molecule has 25 heavy (non-hydrogen) atoms. The van der Waals surface area contributed by atoms with E-state index < -0.39 is 38.1 Å². The van der Waals surface area contributed by atoms with Crippen LogP contribution in [0.25, 0.3) is 0 Å². The number of hydrogen-bond acceptors (Lipinski definition) is 5. The Morgan fingerprint density at radius 3 is 2.00 bits per heavy atom. The third-order valence-electron chi connectivity index (χ3n) is 3.14. The quantitative estimate of drug-likeness (QED) is 0.807. The van der Waals surface area contributed by atoms with Crippen LogP contribution in [0.1, 0.15) is 10.4 Å². The smallest absolute Gasteiger partial charge is 0.337 e. The summed E-state index contributed by atoms with van der Waals surface area (Å²) in [5, 5.41) is 9.25. The number of anilines is 1. The fourth-order valence-corrected chi connectivity index (χ4v) is 3.14. The summed E-state index contributed by atoms with van der Waals surface area (Å²) < 4.78 is 63.1. The van der Waals surface area contributed by atoms with E-state index in [1.54, 1.807) is 0 Å². The van der Waals surface area contributed by atoms with Gasteiger partial charge < -0.3 is 14.6 Å². The average Bonchev–Trinajstić information content (AvgIpc) is 2.52. The Hall–Kier alpha value is -2.88. The number of ether oxygens (including phenoxy) is 2. The van der Waals surface area contributed by atoms with Crippen molar-refractivity contribution >= 4 is 21.7 Å². The third kappa shape index (κ3) is 3.97. The molecule has 0 radical (unpaired) electrons. The first-order chi connectivity index (χ1) is 11.7. The fraction of sp³-hybridized carbons (Fsp3) is 0.133. The minimum Gasteiger partial charge on any atom is -0.493 e. The normalized spacial score (nSPS) is 11.0. The molecule has 0 heterocycles. The van der Waals surface area contributed by atoms with Gasteiger partial charge in [0.25, 0.3) is 10.0 Å². The van der Waals surface area contributed by atoms with Gasteiger partial charge in [0.1, 0.15) is 11.6 Å². The summed E-state index contributed by atoms with van der Waals surface area (Å²) in [5.74, 6) is -3.49. The standard InChI is InChI=1S/C15H13F2NO6S/c1-23-13-6-11(15(19)20)12(7-14(13)24-2)18-25(21,22)10-4-8(16)3-9(17)5-10/h3-7,18H,1-2H3,(H,19,20). The molecular weight excluding hydrogens is 360 g/mol. The van der Waals surface area contributed by atoms with Gasteiger partial charge in [0, 0.05) is 18.2 Å². The lowest BCUT2D eigenvalue weighted by Gasteiger charge is -2.14. The highest BCUT2D eigenvalue weighted by Gasteiger charge is 2.22. The summed E-state index contributed by atoms with van der Waals surface area (Å²) in [6, 6.07) is 3.87. The highest BCUT2D eigenvalue weighted by Crippen LogP contribution is 2.34. The lowest BCUT2D eigenvalue weighted by molar-refractivity contribution is 0.0697. The van der Waals surface area contributed by atoms with Crippen molar-refractivity contribution in [2.45, 2.75) is 4.90 Å². The molecule has 0 saturated carbocycles. The van der Waals surface area contributed by atoms with Gasteiger partial charge in [-0.25, -0.2) is 22.0 Å². The summed E-state index contributed by atoms with van der Waals surface area (Å²) in [6.07, 6.45) is 0. The molecule has 0 aromatic heterocycles. The van der Waals surface area contributed by atoms with Gasteiger partial charge in [0.05, 0.1) is 30.4 Å². The van der Waals surface area contributed by atoms with Crippen molar-refractivity contribution in [3.05, 3.63) is 47.5 Å². The number of carboxylic acid groups (broad SMARTS) is 1. The number of nitrogens with one attached hydrogen (secondary N) is 1. The van der Waals surface area contributed by atoms with Gasteiger partial charge in [-0.3, -0.25) is 4.72 Å². The Balaban J connectivity index is 2.56. The number of sulfonamides is 1. The summed E-state index contributed by atoms with van der Waals surface area (Å²) in [4.78, 5) is 10.7. The molecular formula is C15H13F2NO6S. The molecule has 0 unspecified atom stereocenters. The highest BCUT2D eigenvalue weighted by molar-refractivity contribution is 7.92. The first kappa shape index (κ1) is 18.5. The molecule has 134 valence electrons. The zero-order valence-electron chi connectivity index (χ0n) is 13.0. The molecule has 0 bridgehead atoms. The molecule has 2 rings (SSSR count). The molecule has 0 atom stereocenters. The molecule has 7 nitrogen and oxygen atoms in total. The van der Waals surface area contributed by atoms with Crippen molar-refractivity contribution in [1.29, 1.82) is 0 Å². The van der Waals surface area contributed by atoms with Crippen LogP contribution in [0.3, 0.4) is 0 Å². The Morgan fingerprint density at radius 1 is 1.00 bits per heavy atom. The summed E-state index contributed by atoms with van der Waals surface area (Å²) in [6.45, 7) is 0. The van der Waals surface area contributed by atoms with Gasteiger partial charge in [-0.05, 0) is 12.1 Å². The molecule has 0 spiro atoms. The van der Waals surface area contributed by atoms with E-state index in [9.17, 15) is 27.1 Å². The second-order valence-corrected chi connectivity index (χ2v) is 6.45. The molecule has 0 aliphatic rings. The van der Waals surface area contributed by atoms with Gasteiger partial charge in [-0.15, -0.1) is 0 Å². The van der Waals surface area contributed by atoms with E-state index in [0.717, 1.165) is 12.1 Å². The number of halogens is 2. The van der Waals surface area contributed by atoms with Crippen LogP contribution in [-0.4, -0.2) is 33.7 Å². The second kappa shape index (κ2) is 6.93. The van der Waals surface area contributed by atoms with E-state index in [1.165, 1.54) is 14.2 Å². The fourth-order valence-electron chi connectivity index (χ4n) is 2.03. The minimum absolute atomic E-state index is 0.0654. The van der Waals surface area contributed by atoms with Crippen molar-refractivity contribution in [3.63, 3.8) is 0 Å². The number of aromatic carboxylic acids is 1. The maximum Gasteiger partial charge on any atom is 0.337 e. The zero-order chi connectivity index (χ0) is 18.8. The van der Waals surface area contributed by atoms with Crippen LogP contribution in [0, 0.1) is 11.6 Å². The van der Waals surface area contributed by atoms with Gasteiger partial charge in [-0.1, -0.05) is 0 Å². The van der Waals surface area contributed by atoms with E-state index >= 15 is 0 Å². The van der Waals surface area contributed by atoms with Crippen molar-refractivity contribution in [1.82, 2.24) is 0 Å². The predicted octanol–water partition coefficient (Wildman–Crippen LogP) is 2.48. The highest BCUT2D eigenvalue weighted by atomic mass is 32.2. The van der Waals surface area contributed by atoms with E-state index in [-0.39, 0.29) is 17.2 Å². The lowest BCUT2D eigenvalue weighted by Crippen LogP contribution is -2.16. The van der Waals surface area contributed by atoms with E-state index in [4.69, 9.17) is 9.47 Å². The van der Waals surface area contributed by atoms with E-state index in [0.29, 0.717) is 18.2 Å². The predicted molar refractivity (Wildman–Crippen MR) is 83.7 cm³/mol. The Bertz CT molecular complexity index is 910. The van der Waals surface area contributed by atoms with Gasteiger partial charge >= 0.3 is 5.97 Å². The van der Waals surface area contributed by atoms with Gasteiger partial charge in [0.15, 0.2) is 11.5 Å². The van der Waals surface area contributed by atoms with E-state index in [2.05, 4.69) is 0 Å². The summed E-state index contributed by atoms with van der Waals surface area (Å²) >= 11 is 0. The van der Waals surface area contributed by atoms with Crippen molar-refractivity contribution < 1.29 is 36.6 Å². The number of methoxy groups -OCH3 is 2. The van der Waals surface area contributed by atoms with Crippen LogP contribution < -0.4 is 14.2 Å². The van der Waals surface area contributed by atoms with Crippen LogP contribution in [0.2, 0.25) is 0 Å². The maximum absolute atomic E-state index is 13.3. The minimum atomic E-state index is -4.45. The number of benzene rings is 2. The van der Waals surface area contributed by atoms with Gasteiger partial charge in [0.2, 0.25) is 0 Å². The largest absolute Gasteiger partial charge is 0.493 e. The molecule has 10 heteroatoms. The first-order valence-corrected chi connectivity index (χ1v) is 8.14. The number of carbonyl (C=O) groups is 1. The van der Waals surface area contributed by atoms with Crippen LogP contribution in [0.4, 0.5) is 14.5 Å². The molecule has 0 amide bonds. The number of rotatable bonds is 6. The van der Waals surface area contributed by atoms with Crippen molar-refractivity contribution in [3.8, 4) is 11.5 Å². The van der Waals surface area contributed by atoms with Crippen LogP contribution >= 0.6 is 0 Å². The number of carboxylic acids is 1. The zero-order valence-corrected chi connectivity index (χ0v) is 13.9. The maximum atomic E-state index is 13.3. The van der Waals surface area contributed by atoms with Crippen molar-refractivity contribution in [2.24, 2.45) is 0 Å². The average molecular weight is 373 g/mol. The molecule has 0 fully saturated rings. The Labute approximate surface area is 141 Å². The SMILES string of the molecule is COc1cc(NS(=O)(=O)c2cc(F)cc(F)c2)c(C(=O)O)cc1OC. The molecule has 0 aliphatic heterocycles. The van der Waals surface area contributed by atoms with Gasteiger partial charge in [-0.2, -0.15) is 0 Å². The summed E-state index contributed by atoms with van der Waals surface area (Å²) in [5.41, 5.74) is -0.784. The molecule has 2 N–H and O–H groups in total. The Kier molecular flexibility index (Phi) is 5.12. The molecule has 0 aliphatic carbocycles. The van der Waals surface area contributed by atoms with Crippen molar-refractivity contribution in [2.75, 3.05) is 18.9 Å². The monoisotopic (exact) mass is 373 g/mol. The summed E-state index contributed by atoms with van der Waals surface area (Å²) in [7, 11) is -1.89. The molecule has 0 saturated heterocycles. The van der Waals surface area contributed by atoms with Crippen LogP contribution in [0.5, 0.6) is 11.5 Å². The molecule has 2 aromatic rings. The van der Waals surface area contributed by atoms with Crippen LogP contribution in [-0.2, 0) is 10.0 Å². The topological polar surface area (TPSA) is 102 Å². The number of hydrogen-bond donors (Lipinski definition) is 2. The molecule has 2 aromatic carbocycles. The lowest BCUT2D eigenvalue weighted by atomic mass is 10.1. The first-order valence-electron chi connectivity index (χ1n) is 6.66. The third-order valence-corrected chi connectivity index (χ3v) is 4.49.